The number of nitrogens with zero attached hydrogens (tertiary/aromatic N) is 3. The van der Waals surface area contributed by atoms with Crippen LogP contribution in [0.15, 0.2) is 193 Å². The molecule has 2 aromatic heterocycles. The highest BCUT2D eigenvalue weighted by molar-refractivity contribution is 5.97. The van der Waals surface area contributed by atoms with Crippen molar-refractivity contribution >= 4 is 11.0 Å². The van der Waals surface area contributed by atoms with E-state index in [-0.39, 0.29) is 0 Å². The summed E-state index contributed by atoms with van der Waals surface area (Å²) >= 11 is 0. The number of rotatable bonds is 7. The Kier molecular flexibility index (Phi) is 7.80. The van der Waals surface area contributed by atoms with Crippen molar-refractivity contribution in [1.29, 1.82) is 0 Å². The number of aromatic nitrogens is 3. The van der Waals surface area contributed by atoms with Crippen LogP contribution in [0, 0.1) is 0 Å². The fourth-order valence-electron chi connectivity index (χ4n) is 6.58. The van der Waals surface area contributed by atoms with E-state index in [0.29, 0.717) is 17.5 Å². The molecule has 0 amide bonds. The summed E-state index contributed by atoms with van der Waals surface area (Å²) < 4.78 is 6.02. The SMILES string of the molecule is c1ccc(-c2ccc3occ(-c4cccc(-c5cccc(-c6cccc(-c7nc(-c8ccccc8)nc(-c8ccccc8)n7)c6)c5)c4)c3c2)cc1. The zero-order chi connectivity index (χ0) is 34.0. The minimum Gasteiger partial charge on any atom is -0.464 e. The number of benzene rings is 7. The van der Waals surface area contributed by atoms with Crippen molar-refractivity contribution in [2.45, 2.75) is 0 Å². The first-order valence-electron chi connectivity index (χ1n) is 17.0. The molecule has 240 valence electrons. The molecular formula is C47H31N3O. The topological polar surface area (TPSA) is 51.8 Å². The standard InChI is InChI=1S/C47H31N3O/c1-4-13-32(14-5-1)39-25-26-44-42(30-39)43(31-51-44)40-23-11-21-37(28-40)35-19-10-20-36(27-35)38-22-12-24-41(29-38)47-49-45(33-15-6-2-7-16-33)48-46(50-47)34-17-8-3-9-18-34/h1-31H. The van der Waals surface area contributed by atoms with Gasteiger partial charge in [0, 0.05) is 27.6 Å². The van der Waals surface area contributed by atoms with E-state index in [0.717, 1.165) is 61.0 Å². The lowest BCUT2D eigenvalue weighted by Gasteiger charge is -2.11. The highest BCUT2D eigenvalue weighted by Gasteiger charge is 2.14. The second-order valence-electron chi connectivity index (χ2n) is 12.5. The largest absolute Gasteiger partial charge is 0.464 e. The van der Waals surface area contributed by atoms with Crippen molar-refractivity contribution in [3.8, 4) is 78.7 Å². The van der Waals surface area contributed by atoms with Crippen LogP contribution in [0.25, 0.3) is 89.6 Å². The van der Waals surface area contributed by atoms with Gasteiger partial charge in [-0.15, -0.1) is 0 Å². The van der Waals surface area contributed by atoms with Gasteiger partial charge in [-0.2, -0.15) is 0 Å². The summed E-state index contributed by atoms with van der Waals surface area (Å²) in [6.45, 7) is 0. The van der Waals surface area contributed by atoms with E-state index in [9.17, 15) is 0 Å². The summed E-state index contributed by atoms with van der Waals surface area (Å²) in [5.74, 6) is 1.93. The van der Waals surface area contributed by atoms with Crippen LogP contribution >= 0.6 is 0 Å². The van der Waals surface area contributed by atoms with Crippen LogP contribution in [0.4, 0.5) is 0 Å². The fraction of sp³-hybridized carbons (Fsp3) is 0. The first-order chi connectivity index (χ1) is 25.2. The molecule has 0 aliphatic heterocycles. The van der Waals surface area contributed by atoms with Crippen molar-refractivity contribution in [1.82, 2.24) is 15.0 Å². The van der Waals surface area contributed by atoms with Gasteiger partial charge < -0.3 is 4.42 Å². The fourth-order valence-corrected chi connectivity index (χ4v) is 6.58. The van der Waals surface area contributed by atoms with E-state index >= 15 is 0 Å². The third-order valence-corrected chi connectivity index (χ3v) is 9.20. The predicted molar refractivity (Wildman–Crippen MR) is 208 cm³/mol. The Hall–Kier alpha value is -6.91. The molecule has 0 aliphatic carbocycles. The molecule has 0 N–H and O–H groups in total. The van der Waals surface area contributed by atoms with Crippen molar-refractivity contribution < 1.29 is 4.42 Å². The van der Waals surface area contributed by atoms with Crippen LogP contribution in [0.3, 0.4) is 0 Å². The maximum Gasteiger partial charge on any atom is 0.164 e. The Bertz CT molecular complexity index is 2570. The molecule has 7 aromatic carbocycles. The molecule has 0 bridgehead atoms. The van der Waals surface area contributed by atoms with Crippen molar-refractivity contribution in [2.24, 2.45) is 0 Å². The second kappa shape index (κ2) is 13.2. The van der Waals surface area contributed by atoms with Gasteiger partial charge in [0.05, 0.1) is 6.26 Å². The van der Waals surface area contributed by atoms with Crippen LogP contribution in [-0.2, 0) is 0 Å². The molecular weight excluding hydrogens is 623 g/mol. The van der Waals surface area contributed by atoms with Crippen molar-refractivity contribution in [3.05, 3.63) is 188 Å². The molecule has 9 aromatic rings. The Balaban J connectivity index is 1.07. The van der Waals surface area contributed by atoms with E-state index in [1.807, 2.05) is 73.0 Å². The molecule has 0 aliphatic rings. The van der Waals surface area contributed by atoms with Gasteiger partial charge in [0.25, 0.3) is 0 Å². The Morgan fingerprint density at radius 3 is 1.24 bits per heavy atom. The van der Waals surface area contributed by atoms with Gasteiger partial charge in [-0.25, -0.2) is 15.0 Å². The van der Waals surface area contributed by atoms with Crippen molar-refractivity contribution in [3.63, 3.8) is 0 Å². The molecule has 0 atom stereocenters. The minimum atomic E-state index is 0.635. The highest BCUT2D eigenvalue weighted by Crippen LogP contribution is 2.36. The molecule has 0 spiro atoms. The first-order valence-corrected chi connectivity index (χ1v) is 17.0. The Morgan fingerprint density at radius 1 is 0.294 bits per heavy atom. The molecule has 9 rings (SSSR count). The second-order valence-corrected chi connectivity index (χ2v) is 12.5. The number of fused-ring (bicyclic) bond motifs is 1. The predicted octanol–water partition coefficient (Wildman–Crippen LogP) is 12.3. The summed E-state index contributed by atoms with van der Waals surface area (Å²) in [7, 11) is 0. The Morgan fingerprint density at radius 2 is 0.686 bits per heavy atom. The summed E-state index contributed by atoms with van der Waals surface area (Å²) in [5, 5.41) is 1.10. The maximum absolute atomic E-state index is 6.02. The average Bonchev–Trinajstić information content (AvgIpc) is 3.65. The van der Waals surface area contributed by atoms with Gasteiger partial charge in [-0.05, 0) is 69.3 Å². The minimum absolute atomic E-state index is 0.635. The van der Waals surface area contributed by atoms with Crippen LogP contribution < -0.4 is 0 Å². The third kappa shape index (κ3) is 6.11. The zero-order valence-corrected chi connectivity index (χ0v) is 27.6. The van der Waals surface area contributed by atoms with Crippen LogP contribution in [-0.4, -0.2) is 15.0 Å². The van der Waals surface area contributed by atoms with Gasteiger partial charge in [-0.3, -0.25) is 0 Å². The third-order valence-electron chi connectivity index (χ3n) is 9.20. The lowest BCUT2D eigenvalue weighted by atomic mass is 9.95. The Labute approximate surface area is 296 Å². The van der Waals surface area contributed by atoms with Gasteiger partial charge in [0.2, 0.25) is 0 Å². The molecule has 2 heterocycles. The average molecular weight is 654 g/mol. The van der Waals surface area contributed by atoms with Gasteiger partial charge in [0.15, 0.2) is 17.5 Å². The quantitative estimate of drug-likeness (QED) is 0.172. The zero-order valence-electron chi connectivity index (χ0n) is 27.6. The lowest BCUT2D eigenvalue weighted by molar-refractivity contribution is 0.617. The highest BCUT2D eigenvalue weighted by atomic mass is 16.3. The monoisotopic (exact) mass is 653 g/mol. The van der Waals surface area contributed by atoms with E-state index in [2.05, 4.69) is 115 Å². The first kappa shape index (κ1) is 30.2. The molecule has 0 fully saturated rings. The molecule has 0 radical (unpaired) electrons. The summed E-state index contributed by atoms with van der Waals surface area (Å²) in [5.41, 5.74) is 12.7. The summed E-state index contributed by atoms with van der Waals surface area (Å²) in [4.78, 5) is 14.8. The summed E-state index contributed by atoms with van der Waals surface area (Å²) in [6.07, 6.45) is 1.87. The normalized spacial score (nSPS) is 11.1. The van der Waals surface area contributed by atoms with Gasteiger partial charge in [-0.1, -0.05) is 152 Å². The van der Waals surface area contributed by atoms with E-state index < -0.39 is 0 Å². The number of hydrogen-bond acceptors (Lipinski definition) is 4. The lowest BCUT2D eigenvalue weighted by Crippen LogP contribution is -2.00. The summed E-state index contributed by atoms with van der Waals surface area (Å²) in [6, 6.07) is 62.8. The van der Waals surface area contributed by atoms with Crippen LogP contribution in [0.5, 0.6) is 0 Å². The maximum atomic E-state index is 6.02. The van der Waals surface area contributed by atoms with Crippen LogP contribution in [0.2, 0.25) is 0 Å². The van der Waals surface area contributed by atoms with E-state index in [1.165, 1.54) is 11.1 Å². The molecule has 4 heteroatoms. The molecule has 0 saturated heterocycles. The molecule has 0 saturated carbocycles. The van der Waals surface area contributed by atoms with Gasteiger partial charge in [0.1, 0.15) is 5.58 Å². The van der Waals surface area contributed by atoms with Crippen molar-refractivity contribution in [2.75, 3.05) is 0 Å². The molecule has 51 heavy (non-hydrogen) atoms. The molecule has 0 unspecified atom stereocenters. The smallest absolute Gasteiger partial charge is 0.164 e. The number of hydrogen-bond donors (Lipinski definition) is 0. The van der Waals surface area contributed by atoms with E-state index in [1.54, 1.807) is 0 Å². The van der Waals surface area contributed by atoms with Gasteiger partial charge >= 0.3 is 0 Å². The molecule has 4 nitrogen and oxygen atoms in total. The number of furan rings is 1. The van der Waals surface area contributed by atoms with Crippen LogP contribution in [0.1, 0.15) is 0 Å². The van der Waals surface area contributed by atoms with E-state index in [4.69, 9.17) is 19.4 Å².